The Hall–Kier alpha value is -3.13. The zero-order chi connectivity index (χ0) is 19.2. The molecule has 0 radical (unpaired) electrons. The predicted molar refractivity (Wildman–Crippen MR) is 105 cm³/mol. The SMILES string of the molecule is CNC(=O)NC(=O)C(C)Sc1nnc(-c2ccccc2)n1-c1ccccc1. The van der Waals surface area contributed by atoms with E-state index in [-0.39, 0.29) is 0 Å². The lowest BCUT2D eigenvalue weighted by molar-refractivity contribution is -0.119. The molecule has 0 aliphatic carbocycles. The van der Waals surface area contributed by atoms with Crippen LogP contribution >= 0.6 is 11.8 Å². The third-order valence-electron chi connectivity index (χ3n) is 3.79. The van der Waals surface area contributed by atoms with Crippen molar-refractivity contribution in [2.24, 2.45) is 0 Å². The molecule has 1 atom stereocenters. The summed E-state index contributed by atoms with van der Waals surface area (Å²) in [6, 6.07) is 18.9. The lowest BCUT2D eigenvalue weighted by atomic mass is 10.2. The molecule has 1 aromatic heterocycles. The molecule has 0 bridgehead atoms. The number of carbonyl (C=O) groups excluding carboxylic acids is 2. The van der Waals surface area contributed by atoms with Gasteiger partial charge in [-0.1, -0.05) is 60.3 Å². The van der Waals surface area contributed by atoms with Crippen LogP contribution in [-0.4, -0.2) is 39.0 Å². The summed E-state index contributed by atoms with van der Waals surface area (Å²) in [5, 5.41) is 13.3. The molecular formula is C19H19N5O2S. The number of amides is 3. The van der Waals surface area contributed by atoms with Gasteiger partial charge in [0.05, 0.1) is 5.25 Å². The first-order valence-electron chi connectivity index (χ1n) is 8.35. The van der Waals surface area contributed by atoms with E-state index < -0.39 is 17.2 Å². The van der Waals surface area contributed by atoms with Crippen molar-refractivity contribution in [3.05, 3.63) is 60.7 Å². The van der Waals surface area contributed by atoms with Gasteiger partial charge in [-0.05, 0) is 19.1 Å². The number of para-hydroxylation sites is 1. The Morgan fingerprint density at radius 3 is 2.26 bits per heavy atom. The highest BCUT2D eigenvalue weighted by atomic mass is 32.2. The van der Waals surface area contributed by atoms with Gasteiger partial charge >= 0.3 is 6.03 Å². The minimum Gasteiger partial charge on any atom is -0.341 e. The van der Waals surface area contributed by atoms with E-state index in [2.05, 4.69) is 20.8 Å². The lowest BCUT2D eigenvalue weighted by Crippen LogP contribution is -2.41. The Kier molecular flexibility index (Phi) is 5.87. The van der Waals surface area contributed by atoms with Gasteiger partial charge in [-0.2, -0.15) is 0 Å². The maximum atomic E-state index is 12.2. The summed E-state index contributed by atoms with van der Waals surface area (Å²) in [6.07, 6.45) is 0. The van der Waals surface area contributed by atoms with E-state index in [1.165, 1.54) is 18.8 Å². The normalized spacial score (nSPS) is 11.6. The Labute approximate surface area is 161 Å². The Morgan fingerprint density at radius 2 is 1.63 bits per heavy atom. The molecule has 1 heterocycles. The smallest absolute Gasteiger partial charge is 0.321 e. The lowest BCUT2D eigenvalue weighted by Gasteiger charge is -2.13. The quantitative estimate of drug-likeness (QED) is 0.664. The molecule has 2 aromatic carbocycles. The van der Waals surface area contributed by atoms with Crippen LogP contribution in [0.4, 0.5) is 4.79 Å². The van der Waals surface area contributed by atoms with Crippen molar-refractivity contribution >= 4 is 23.7 Å². The number of benzene rings is 2. The van der Waals surface area contributed by atoms with Gasteiger partial charge in [0.1, 0.15) is 0 Å². The van der Waals surface area contributed by atoms with Crippen LogP contribution in [0.5, 0.6) is 0 Å². The van der Waals surface area contributed by atoms with Crippen LogP contribution in [0.15, 0.2) is 65.8 Å². The molecular weight excluding hydrogens is 362 g/mol. The van der Waals surface area contributed by atoms with Gasteiger partial charge in [0.15, 0.2) is 11.0 Å². The highest BCUT2D eigenvalue weighted by Gasteiger charge is 2.22. The van der Waals surface area contributed by atoms with Gasteiger partial charge in [0.25, 0.3) is 0 Å². The second kappa shape index (κ2) is 8.50. The highest BCUT2D eigenvalue weighted by Crippen LogP contribution is 2.30. The minimum absolute atomic E-state index is 0.400. The summed E-state index contributed by atoms with van der Waals surface area (Å²) >= 11 is 1.24. The second-order valence-electron chi connectivity index (χ2n) is 5.67. The Morgan fingerprint density at radius 1 is 1.00 bits per heavy atom. The maximum absolute atomic E-state index is 12.2. The van der Waals surface area contributed by atoms with Crippen LogP contribution in [0.1, 0.15) is 6.92 Å². The monoisotopic (exact) mass is 381 g/mol. The van der Waals surface area contributed by atoms with Gasteiger partial charge in [-0.25, -0.2) is 4.79 Å². The van der Waals surface area contributed by atoms with Crippen molar-refractivity contribution < 1.29 is 9.59 Å². The Bertz CT molecular complexity index is 928. The fourth-order valence-corrected chi connectivity index (χ4v) is 3.29. The van der Waals surface area contributed by atoms with Crippen molar-refractivity contribution in [1.82, 2.24) is 25.4 Å². The first kappa shape index (κ1) is 18.7. The van der Waals surface area contributed by atoms with E-state index in [4.69, 9.17) is 0 Å². The van der Waals surface area contributed by atoms with Gasteiger partial charge in [-0.3, -0.25) is 14.7 Å². The first-order valence-corrected chi connectivity index (χ1v) is 9.23. The van der Waals surface area contributed by atoms with E-state index in [9.17, 15) is 9.59 Å². The van der Waals surface area contributed by atoms with Crippen molar-refractivity contribution in [3.8, 4) is 17.1 Å². The summed E-state index contributed by atoms with van der Waals surface area (Å²) < 4.78 is 1.91. The van der Waals surface area contributed by atoms with Crippen molar-refractivity contribution in [2.75, 3.05) is 7.05 Å². The van der Waals surface area contributed by atoms with Gasteiger partial charge in [-0.15, -0.1) is 10.2 Å². The van der Waals surface area contributed by atoms with E-state index >= 15 is 0 Å². The number of nitrogens with zero attached hydrogens (tertiary/aromatic N) is 3. The topological polar surface area (TPSA) is 88.9 Å². The Balaban J connectivity index is 1.95. The largest absolute Gasteiger partial charge is 0.341 e. The highest BCUT2D eigenvalue weighted by molar-refractivity contribution is 8.00. The fourth-order valence-electron chi connectivity index (χ4n) is 2.42. The third kappa shape index (κ3) is 4.35. The molecule has 0 spiro atoms. The summed E-state index contributed by atoms with van der Waals surface area (Å²) in [7, 11) is 1.46. The van der Waals surface area contributed by atoms with Gasteiger partial charge < -0.3 is 5.32 Å². The molecule has 138 valence electrons. The van der Waals surface area contributed by atoms with Gasteiger partial charge in [0.2, 0.25) is 5.91 Å². The standard InChI is InChI=1S/C19H19N5O2S/c1-13(17(25)21-18(26)20-2)27-19-23-22-16(14-9-5-3-6-10-14)24(19)15-11-7-4-8-12-15/h3-13H,1-2H3,(H2,20,21,25,26). The third-order valence-corrected chi connectivity index (χ3v) is 4.84. The van der Waals surface area contributed by atoms with Crippen LogP contribution in [0.3, 0.4) is 0 Å². The zero-order valence-corrected chi connectivity index (χ0v) is 15.7. The molecule has 0 saturated carbocycles. The average molecular weight is 381 g/mol. The second-order valence-corrected chi connectivity index (χ2v) is 6.98. The summed E-state index contributed by atoms with van der Waals surface area (Å²) in [6.45, 7) is 1.72. The minimum atomic E-state index is -0.540. The molecule has 0 fully saturated rings. The van der Waals surface area contributed by atoms with Crippen LogP contribution < -0.4 is 10.6 Å². The number of rotatable bonds is 5. The molecule has 7 nitrogen and oxygen atoms in total. The molecule has 0 aliphatic rings. The van der Waals surface area contributed by atoms with Crippen LogP contribution in [0.25, 0.3) is 17.1 Å². The molecule has 3 rings (SSSR count). The number of carbonyl (C=O) groups is 2. The van der Waals surface area contributed by atoms with E-state index in [1.807, 2.05) is 65.2 Å². The summed E-state index contributed by atoms with van der Waals surface area (Å²) in [5.74, 6) is 0.284. The molecule has 0 aliphatic heterocycles. The molecule has 27 heavy (non-hydrogen) atoms. The average Bonchev–Trinajstić information content (AvgIpc) is 3.12. The zero-order valence-electron chi connectivity index (χ0n) is 14.9. The maximum Gasteiger partial charge on any atom is 0.321 e. The van der Waals surface area contributed by atoms with Crippen LogP contribution in [0.2, 0.25) is 0 Å². The molecule has 0 saturated heterocycles. The number of urea groups is 1. The predicted octanol–water partition coefficient (Wildman–Crippen LogP) is 2.87. The number of aromatic nitrogens is 3. The van der Waals surface area contributed by atoms with Gasteiger partial charge in [0, 0.05) is 18.3 Å². The number of hydrogen-bond acceptors (Lipinski definition) is 5. The molecule has 1 unspecified atom stereocenters. The van der Waals surface area contributed by atoms with Crippen LogP contribution in [-0.2, 0) is 4.79 Å². The number of hydrogen-bond donors (Lipinski definition) is 2. The van der Waals surface area contributed by atoms with Crippen molar-refractivity contribution in [1.29, 1.82) is 0 Å². The molecule has 8 heteroatoms. The van der Waals surface area contributed by atoms with E-state index in [1.54, 1.807) is 6.92 Å². The molecule has 2 N–H and O–H groups in total. The summed E-state index contributed by atoms with van der Waals surface area (Å²) in [5.41, 5.74) is 1.81. The molecule has 3 aromatic rings. The number of thioether (sulfide) groups is 1. The van der Waals surface area contributed by atoms with Crippen molar-refractivity contribution in [3.63, 3.8) is 0 Å². The van der Waals surface area contributed by atoms with Crippen LogP contribution in [0, 0.1) is 0 Å². The fraction of sp³-hybridized carbons (Fsp3) is 0.158. The van der Waals surface area contributed by atoms with E-state index in [0.29, 0.717) is 11.0 Å². The van der Waals surface area contributed by atoms with Crippen molar-refractivity contribution in [2.45, 2.75) is 17.3 Å². The molecule has 3 amide bonds. The van der Waals surface area contributed by atoms with E-state index in [0.717, 1.165) is 11.3 Å². The first-order chi connectivity index (χ1) is 13.1. The summed E-state index contributed by atoms with van der Waals surface area (Å²) in [4.78, 5) is 23.6. The number of imide groups is 1. The number of nitrogens with one attached hydrogen (secondary N) is 2.